The van der Waals surface area contributed by atoms with Crippen LogP contribution in [0.1, 0.15) is 29.2 Å². The lowest BCUT2D eigenvalue weighted by atomic mass is 10.2. The molecule has 1 amide bonds. The van der Waals surface area contributed by atoms with Crippen molar-refractivity contribution in [1.29, 1.82) is 0 Å². The Bertz CT molecular complexity index is 1160. The first-order chi connectivity index (χ1) is 16.7. The minimum absolute atomic E-state index is 0.0680. The van der Waals surface area contributed by atoms with E-state index in [0.29, 0.717) is 12.3 Å². The number of benzene rings is 1. The highest BCUT2D eigenvalue weighted by Gasteiger charge is 2.20. The molecule has 1 unspecified atom stereocenters. The van der Waals surface area contributed by atoms with Crippen molar-refractivity contribution < 1.29 is 13.9 Å². The Labute approximate surface area is 197 Å². The number of nitrogens with zero attached hydrogens (tertiary/aromatic N) is 4. The first-order valence-corrected chi connectivity index (χ1v) is 11.8. The van der Waals surface area contributed by atoms with E-state index in [1.54, 1.807) is 18.2 Å². The minimum Gasteiger partial charge on any atom is -0.454 e. The molecule has 2 aliphatic rings. The molecule has 34 heavy (non-hydrogen) atoms. The second-order valence-electron chi connectivity index (χ2n) is 8.61. The van der Waals surface area contributed by atoms with Gasteiger partial charge in [-0.1, -0.05) is 18.2 Å². The number of hydrogen-bond acceptors (Lipinski definition) is 7. The van der Waals surface area contributed by atoms with Gasteiger partial charge in [0, 0.05) is 51.1 Å². The van der Waals surface area contributed by atoms with Crippen molar-refractivity contribution in [2.75, 3.05) is 49.1 Å². The van der Waals surface area contributed by atoms with Crippen molar-refractivity contribution in [2.24, 2.45) is 0 Å². The Morgan fingerprint density at radius 2 is 1.79 bits per heavy atom. The normalized spacial score (nSPS) is 18.3. The minimum atomic E-state index is -0.285. The van der Waals surface area contributed by atoms with Gasteiger partial charge in [0.05, 0.1) is 6.10 Å². The van der Waals surface area contributed by atoms with E-state index in [9.17, 15) is 9.59 Å². The zero-order valence-corrected chi connectivity index (χ0v) is 19.1. The van der Waals surface area contributed by atoms with Gasteiger partial charge >= 0.3 is 0 Å². The average molecular weight is 464 g/mol. The molecule has 0 aliphatic carbocycles. The summed E-state index contributed by atoms with van der Waals surface area (Å²) in [5.41, 5.74) is 1.00. The summed E-state index contributed by atoms with van der Waals surface area (Å²) in [6.07, 6.45) is 2.05. The van der Waals surface area contributed by atoms with Crippen LogP contribution >= 0.6 is 0 Å². The molecule has 2 fully saturated rings. The monoisotopic (exact) mass is 463 g/mol. The van der Waals surface area contributed by atoms with Crippen molar-refractivity contribution in [3.8, 4) is 0 Å². The molecule has 1 N–H and O–H groups in total. The number of hydrogen-bond donors (Lipinski definition) is 1. The molecule has 2 aromatic heterocycles. The van der Waals surface area contributed by atoms with E-state index >= 15 is 0 Å². The number of rotatable bonds is 7. The number of nitrogens with one attached hydrogen (secondary N) is 1. The SMILES string of the molecule is O=C(NCC1CCCO1)c1ccc(Cn2nc(N3CCN(c4ccccc4)CC3)ccc2=O)o1. The highest BCUT2D eigenvalue weighted by molar-refractivity contribution is 5.91. The van der Waals surface area contributed by atoms with Crippen LogP contribution in [0.5, 0.6) is 0 Å². The number of carbonyl (C=O) groups excluding carboxylic acids is 1. The number of amides is 1. The molecule has 9 heteroatoms. The van der Waals surface area contributed by atoms with Crippen LogP contribution in [-0.4, -0.2) is 61.1 Å². The molecule has 0 saturated carbocycles. The van der Waals surface area contributed by atoms with E-state index in [-0.39, 0.29) is 29.9 Å². The number of para-hydroxylation sites is 1. The first-order valence-electron chi connectivity index (χ1n) is 11.8. The molecule has 5 rings (SSSR count). The zero-order chi connectivity index (χ0) is 23.3. The molecular weight excluding hydrogens is 434 g/mol. The molecule has 0 bridgehead atoms. The summed E-state index contributed by atoms with van der Waals surface area (Å²) in [4.78, 5) is 29.3. The fourth-order valence-corrected chi connectivity index (χ4v) is 4.38. The molecule has 3 aromatic rings. The smallest absolute Gasteiger partial charge is 0.287 e. The lowest BCUT2D eigenvalue weighted by Crippen LogP contribution is -2.47. The summed E-state index contributed by atoms with van der Waals surface area (Å²) in [7, 11) is 0. The summed E-state index contributed by atoms with van der Waals surface area (Å²) in [6, 6.07) is 17.0. The van der Waals surface area contributed by atoms with Crippen molar-refractivity contribution in [1.82, 2.24) is 15.1 Å². The van der Waals surface area contributed by atoms with Gasteiger partial charge in [0.15, 0.2) is 5.76 Å². The number of furan rings is 1. The van der Waals surface area contributed by atoms with Crippen LogP contribution in [0.4, 0.5) is 11.5 Å². The van der Waals surface area contributed by atoms with Gasteiger partial charge in [-0.15, -0.1) is 0 Å². The maximum absolute atomic E-state index is 12.4. The fraction of sp³-hybridized carbons (Fsp3) is 0.400. The third-order valence-electron chi connectivity index (χ3n) is 6.28. The average Bonchev–Trinajstić information content (AvgIpc) is 3.57. The maximum atomic E-state index is 12.4. The van der Waals surface area contributed by atoms with Crippen LogP contribution in [0.15, 0.2) is 63.8 Å². The van der Waals surface area contributed by atoms with E-state index < -0.39 is 0 Å². The predicted molar refractivity (Wildman–Crippen MR) is 128 cm³/mol. The number of aromatic nitrogens is 2. The van der Waals surface area contributed by atoms with Crippen molar-refractivity contribution in [2.45, 2.75) is 25.5 Å². The van der Waals surface area contributed by atoms with E-state index in [0.717, 1.165) is 51.4 Å². The van der Waals surface area contributed by atoms with E-state index in [4.69, 9.17) is 9.15 Å². The highest BCUT2D eigenvalue weighted by atomic mass is 16.5. The number of carbonyl (C=O) groups is 1. The van der Waals surface area contributed by atoms with Gasteiger partial charge in [0.25, 0.3) is 11.5 Å². The maximum Gasteiger partial charge on any atom is 0.287 e. The molecule has 0 radical (unpaired) electrons. The molecule has 4 heterocycles. The summed E-state index contributed by atoms with van der Waals surface area (Å²) in [6.45, 7) is 4.77. The summed E-state index contributed by atoms with van der Waals surface area (Å²) < 4.78 is 12.6. The molecular formula is C25H29N5O4. The first kappa shape index (κ1) is 22.2. The molecule has 0 spiro atoms. The van der Waals surface area contributed by atoms with Gasteiger partial charge in [-0.25, -0.2) is 4.68 Å². The predicted octanol–water partition coefficient (Wildman–Crippen LogP) is 2.12. The topological polar surface area (TPSA) is 92.8 Å². The van der Waals surface area contributed by atoms with Gasteiger partial charge < -0.3 is 24.3 Å². The molecule has 178 valence electrons. The third kappa shape index (κ3) is 5.14. The van der Waals surface area contributed by atoms with Gasteiger partial charge in [-0.3, -0.25) is 9.59 Å². The lowest BCUT2D eigenvalue weighted by molar-refractivity contribution is 0.0833. The van der Waals surface area contributed by atoms with Crippen LogP contribution in [0.3, 0.4) is 0 Å². The van der Waals surface area contributed by atoms with Gasteiger partial charge in [0.1, 0.15) is 18.1 Å². The quantitative estimate of drug-likeness (QED) is 0.574. The Balaban J connectivity index is 1.20. The number of ether oxygens (including phenoxy) is 1. The molecule has 2 saturated heterocycles. The van der Waals surface area contributed by atoms with Crippen LogP contribution < -0.4 is 20.7 Å². The largest absolute Gasteiger partial charge is 0.454 e. The number of anilines is 2. The van der Waals surface area contributed by atoms with Crippen molar-refractivity contribution >= 4 is 17.4 Å². The highest BCUT2D eigenvalue weighted by Crippen LogP contribution is 2.18. The van der Waals surface area contributed by atoms with Crippen LogP contribution in [-0.2, 0) is 11.3 Å². The zero-order valence-electron chi connectivity index (χ0n) is 19.1. The Morgan fingerprint density at radius 1 is 1.00 bits per heavy atom. The Morgan fingerprint density at radius 3 is 2.56 bits per heavy atom. The van der Waals surface area contributed by atoms with E-state index in [1.807, 2.05) is 18.2 Å². The second-order valence-corrected chi connectivity index (χ2v) is 8.61. The molecule has 9 nitrogen and oxygen atoms in total. The Kier molecular flexibility index (Phi) is 6.62. The number of piperazine rings is 1. The van der Waals surface area contributed by atoms with E-state index in [2.05, 4.69) is 32.3 Å². The molecule has 1 aromatic carbocycles. The van der Waals surface area contributed by atoms with Gasteiger partial charge in [-0.2, -0.15) is 5.10 Å². The standard InChI is InChI=1S/C25H29N5O4/c31-24-11-10-23(29-14-12-28(13-15-29)19-5-2-1-3-6-19)27-30(24)18-21-8-9-22(34-21)25(32)26-17-20-7-4-16-33-20/h1-3,5-6,8-11,20H,4,7,12-18H2,(H,26,32). The van der Waals surface area contributed by atoms with Crippen molar-refractivity contribution in [3.63, 3.8) is 0 Å². The Hall–Kier alpha value is -3.59. The molecule has 1 atom stereocenters. The van der Waals surface area contributed by atoms with Gasteiger partial charge in [-0.05, 0) is 43.2 Å². The van der Waals surface area contributed by atoms with Crippen molar-refractivity contribution in [3.05, 3.63) is 76.5 Å². The van der Waals surface area contributed by atoms with E-state index in [1.165, 1.54) is 16.4 Å². The summed E-state index contributed by atoms with van der Waals surface area (Å²) in [5, 5.41) is 7.41. The summed E-state index contributed by atoms with van der Waals surface area (Å²) >= 11 is 0. The van der Waals surface area contributed by atoms with Crippen LogP contribution in [0, 0.1) is 0 Å². The van der Waals surface area contributed by atoms with Gasteiger partial charge in [0.2, 0.25) is 0 Å². The van der Waals surface area contributed by atoms with Crippen LogP contribution in [0.25, 0.3) is 0 Å². The third-order valence-corrected chi connectivity index (χ3v) is 6.28. The lowest BCUT2D eigenvalue weighted by Gasteiger charge is -2.36. The fourth-order valence-electron chi connectivity index (χ4n) is 4.38. The summed E-state index contributed by atoms with van der Waals surface area (Å²) in [5.74, 6) is 1.19. The molecule has 2 aliphatic heterocycles. The second kappa shape index (κ2) is 10.1. The van der Waals surface area contributed by atoms with Crippen LogP contribution in [0.2, 0.25) is 0 Å².